The molecule has 1 saturated heterocycles. The smallest absolute Gasteiger partial charge is 0.238 e. The van der Waals surface area contributed by atoms with Gasteiger partial charge in [0.2, 0.25) is 5.91 Å². The van der Waals surface area contributed by atoms with Crippen molar-refractivity contribution in [3.8, 4) is 5.75 Å². The topological polar surface area (TPSA) is 58.6 Å². The number of piperidine rings is 1. The van der Waals surface area contributed by atoms with Crippen LogP contribution in [0.15, 0.2) is 36.4 Å². The Morgan fingerprint density at radius 3 is 2.41 bits per heavy atom. The number of anilines is 1. The van der Waals surface area contributed by atoms with E-state index >= 15 is 0 Å². The van der Waals surface area contributed by atoms with Crippen LogP contribution < -0.4 is 10.1 Å². The number of ether oxygens (including phenoxy) is 1. The number of Topliss-reactive ketones (excluding diaryl/α,β-unsaturated/α-hetero) is 1. The van der Waals surface area contributed by atoms with Gasteiger partial charge in [-0.1, -0.05) is 23.2 Å². The lowest BCUT2D eigenvalue weighted by atomic mass is 9.89. The fourth-order valence-corrected chi connectivity index (χ4v) is 3.81. The van der Waals surface area contributed by atoms with Crippen molar-refractivity contribution >= 4 is 40.6 Å². The normalized spacial score (nSPS) is 15.2. The number of rotatable bonds is 6. The Morgan fingerprint density at radius 1 is 1.14 bits per heavy atom. The van der Waals surface area contributed by atoms with Gasteiger partial charge in [-0.05, 0) is 68.8 Å². The average molecular weight is 435 g/mol. The maximum Gasteiger partial charge on any atom is 0.238 e. The van der Waals surface area contributed by atoms with E-state index in [1.807, 2.05) is 6.92 Å². The van der Waals surface area contributed by atoms with Crippen LogP contribution in [0.2, 0.25) is 10.0 Å². The van der Waals surface area contributed by atoms with Crippen LogP contribution in [0.1, 0.15) is 28.8 Å². The molecule has 5 nitrogen and oxygen atoms in total. The number of carbonyl (C=O) groups excluding carboxylic acids is 2. The number of hydrogen-bond donors (Lipinski definition) is 1. The molecule has 1 N–H and O–H groups in total. The van der Waals surface area contributed by atoms with Crippen molar-refractivity contribution in [3.63, 3.8) is 0 Å². The molecule has 0 saturated carbocycles. The lowest BCUT2D eigenvalue weighted by Gasteiger charge is -2.30. The van der Waals surface area contributed by atoms with Crippen LogP contribution in [-0.4, -0.2) is 43.3 Å². The molecule has 0 aromatic heterocycles. The number of nitrogens with zero attached hydrogens (tertiary/aromatic N) is 1. The SMILES string of the molecule is COc1cc(Cl)c(C)cc1NC(=O)CN1CCC(C(=O)c2ccc(Cl)cc2)CC1. The highest BCUT2D eigenvalue weighted by molar-refractivity contribution is 6.31. The number of methoxy groups -OCH3 is 1. The number of nitrogens with one attached hydrogen (secondary N) is 1. The Bertz CT molecular complexity index is 892. The zero-order valence-electron chi connectivity index (χ0n) is 16.5. The molecule has 1 aliphatic rings. The van der Waals surface area contributed by atoms with Crippen LogP contribution in [0.3, 0.4) is 0 Å². The highest BCUT2D eigenvalue weighted by Crippen LogP contribution is 2.31. The van der Waals surface area contributed by atoms with Crippen LogP contribution in [-0.2, 0) is 4.79 Å². The van der Waals surface area contributed by atoms with Gasteiger partial charge in [-0.15, -0.1) is 0 Å². The van der Waals surface area contributed by atoms with E-state index in [9.17, 15) is 9.59 Å². The maximum atomic E-state index is 12.6. The molecule has 154 valence electrons. The molecule has 3 rings (SSSR count). The Hall–Kier alpha value is -2.08. The molecule has 1 heterocycles. The summed E-state index contributed by atoms with van der Waals surface area (Å²) in [5.41, 5.74) is 2.16. The summed E-state index contributed by atoms with van der Waals surface area (Å²) in [7, 11) is 1.54. The van der Waals surface area contributed by atoms with Gasteiger partial charge in [0.05, 0.1) is 19.3 Å². The van der Waals surface area contributed by atoms with E-state index in [0.29, 0.717) is 40.1 Å². The minimum absolute atomic E-state index is 0.0190. The molecule has 29 heavy (non-hydrogen) atoms. The molecule has 0 radical (unpaired) electrons. The second-order valence-electron chi connectivity index (χ2n) is 7.27. The van der Waals surface area contributed by atoms with E-state index in [1.54, 1.807) is 43.5 Å². The van der Waals surface area contributed by atoms with E-state index in [4.69, 9.17) is 27.9 Å². The quantitative estimate of drug-likeness (QED) is 0.660. The third kappa shape index (κ3) is 5.50. The predicted octanol–water partition coefficient (Wildman–Crippen LogP) is 4.84. The van der Waals surface area contributed by atoms with Crippen LogP contribution in [0, 0.1) is 12.8 Å². The summed E-state index contributed by atoms with van der Waals surface area (Å²) in [5, 5.41) is 4.11. The van der Waals surface area contributed by atoms with E-state index in [0.717, 1.165) is 18.4 Å². The van der Waals surface area contributed by atoms with Gasteiger partial charge in [-0.3, -0.25) is 14.5 Å². The lowest BCUT2D eigenvalue weighted by molar-refractivity contribution is -0.117. The Morgan fingerprint density at radius 2 is 1.79 bits per heavy atom. The first-order valence-electron chi connectivity index (χ1n) is 9.53. The first-order chi connectivity index (χ1) is 13.9. The van der Waals surface area contributed by atoms with Gasteiger partial charge in [0, 0.05) is 27.6 Å². The zero-order chi connectivity index (χ0) is 21.0. The predicted molar refractivity (Wildman–Crippen MR) is 116 cm³/mol. The highest BCUT2D eigenvalue weighted by atomic mass is 35.5. The fourth-order valence-electron chi connectivity index (χ4n) is 3.53. The summed E-state index contributed by atoms with van der Waals surface area (Å²) in [4.78, 5) is 27.2. The van der Waals surface area contributed by atoms with Gasteiger partial charge in [0.15, 0.2) is 5.78 Å². The summed E-state index contributed by atoms with van der Waals surface area (Å²) in [6.45, 7) is 3.55. The molecular weight excluding hydrogens is 411 g/mol. The van der Waals surface area contributed by atoms with Crippen LogP contribution in [0.5, 0.6) is 5.75 Å². The third-order valence-corrected chi connectivity index (χ3v) is 5.87. The molecule has 1 aliphatic heterocycles. The monoisotopic (exact) mass is 434 g/mol. The molecule has 1 amide bonds. The second-order valence-corrected chi connectivity index (χ2v) is 8.12. The van der Waals surface area contributed by atoms with Crippen molar-refractivity contribution in [1.82, 2.24) is 4.90 Å². The standard InChI is InChI=1S/C22H24Cl2N2O3/c1-14-11-19(20(29-2)12-18(14)24)25-21(27)13-26-9-7-16(8-10-26)22(28)15-3-5-17(23)6-4-15/h3-6,11-12,16H,7-10,13H2,1-2H3,(H,25,27). The Balaban J connectivity index is 1.53. The summed E-state index contributed by atoms with van der Waals surface area (Å²) < 4.78 is 5.30. The lowest BCUT2D eigenvalue weighted by Crippen LogP contribution is -2.40. The zero-order valence-corrected chi connectivity index (χ0v) is 18.0. The molecule has 7 heteroatoms. The Kier molecular flexibility index (Phi) is 7.17. The molecule has 0 spiro atoms. The van der Waals surface area contributed by atoms with Crippen molar-refractivity contribution in [2.75, 3.05) is 32.1 Å². The summed E-state index contributed by atoms with van der Waals surface area (Å²) in [6.07, 6.45) is 1.47. The van der Waals surface area contributed by atoms with Gasteiger partial charge in [-0.25, -0.2) is 0 Å². The van der Waals surface area contributed by atoms with Crippen molar-refractivity contribution in [2.45, 2.75) is 19.8 Å². The molecule has 2 aromatic carbocycles. The van der Waals surface area contributed by atoms with Crippen molar-refractivity contribution in [3.05, 3.63) is 57.6 Å². The van der Waals surface area contributed by atoms with Gasteiger partial charge < -0.3 is 10.1 Å². The maximum absolute atomic E-state index is 12.6. The summed E-state index contributed by atoms with van der Waals surface area (Å²) in [6, 6.07) is 10.5. The van der Waals surface area contributed by atoms with E-state index in [2.05, 4.69) is 10.2 Å². The van der Waals surface area contributed by atoms with Gasteiger partial charge >= 0.3 is 0 Å². The molecule has 0 aliphatic carbocycles. The second kappa shape index (κ2) is 9.61. The van der Waals surface area contributed by atoms with Crippen LogP contribution in [0.25, 0.3) is 0 Å². The number of benzene rings is 2. The molecule has 2 aromatic rings. The van der Waals surface area contributed by atoms with Gasteiger partial charge in [0.1, 0.15) is 5.75 Å². The Labute approximate surface area is 180 Å². The number of carbonyl (C=O) groups is 2. The largest absolute Gasteiger partial charge is 0.495 e. The number of hydrogen-bond acceptors (Lipinski definition) is 4. The average Bonchev–Trinajstić information content (AvgIpc) is 2.71. The van der Waals surface area contributed by atoms with E-state index in [-0.39, 0.29) is 24.2 Å². The fraction of sp³-hybridized carbons (Fsp3) is 0.364. The van der Waals surface area contributed by atoms with Gasteiger partial charge in [0.25, 0.3) is 0 Å². The number of aryl methyl sites for hydroxylation is 1. The molecule has 0 unspecified atom stereocenters. The minimum atomic E-state index is -0.118. The first kappa shape index (κ1) is 21.6. The summed E-state index contributed by atoms with van der Waals surface area (Å²) in [5.74, 6) is 0.537. The van der Waals surface area contributed by atoms with Gasteiger partial charge in [-0.2, -0.15) is 0 Å². The molecule has 0 bridgehead atoms. The number of halogens is 2. The van der Waals surface area contributed by atoms with Crippen molar-refractivity contribution in [1.29, 1.82) is 0 Å². The minimum Gasteiger partial charge on any atom is -0.495 e. The van der Waals surface area contributed by atoms with E-state index in [1.165, 1.54) is 0 Å². The van der Waals surface area contributed by atoms with Crippen LogP contribution >= 0.6 is 23.2 Å². The third-order valence-electron chi connectivity index (χ3n) is 5.21. The number of amides is 1. The van der Waals surface area contributed by atoms with Crippen molar-refractivity contribution in [2.24, 2.45) is 5.92 Å². The molecular formula is C22H24Cl2N2O3. The molecule has 1 fully saturated rings. The van der Waals surface area contributed by atoms with E-state index < -0.39 is 0 Å². The summed E-state index contributed by atoms with van der Waals surface area (Å²) >= 11 is 12.0. The first-order valence-corrected chi connectivity index (χ1v) is 10.3. The number of likely N-dealkylation sites (tertiary alicyclic amines) is 1. The van der Waals surface area contributed by atoms with Crippen molar-refractivity contribution < 1.29 is 14.3 Å². The highest BCUT2D eigenvalue weighted by Gasteiger charge is 2.26. The number of ketones is 1. The van der Waals surface area contributed by atoms with Crippen LogP contribution in [0.4, 0.5) is 5.69 Å². The molecule has 0 atom stereocenters.